The second-order valence-electron chi connectivity index (χ2n) is 4.23. The van der Waals surface area contributed by atoms with Crippen LogP contribution in [0.5, 0.6) is 0 Å². The zero-order valence-corrected chi connectivity index (χ0v) is 11.2. The number of aromatic nitrogens is 2. The predicted octanol–water partition coefficient (Wildman–Crippen LogP) is 1.59. The van der Waals surface area contributed by atoms with Crippen LogP contribution in [0, 0.1) is 12.8 Å². The van der Waals surface area contributed by atoms with Crippen LogP contribution in [0.3, 0.4) is 0 Å². The van der Waals surface area contributed by atoms with Crippen molar-refractivity contribution in [3.8, 4) is 0 Å². The molecule has 0 radical (unpaired) electrons. The Morgan fingerprint density at radius 2 is 2.32 bits per heavy atom. The lowest BCUT2D eigenvalue weighted by molar-refractivity contribution is -0.145. The minimum Gasteiger partial charge on any atom is -0.469 e. The van der Waals surface area contributed by atoms with Crippen molar-refractivity contribution in [2.45, 2.75) is 33.2 Å². The Bertz CT molecular complexity index is 518. The van der Waals surface area contributed by atoms with E-state index in [0.717, 1.165) is 4.57 Å². The number of carbonyl (C=O) groups excluding carboxylic acids is 1. The molecule has 0 aromatic carbocycles. The van der Waals surface area contributed by atoms with Gasteiger partial charge in [-0.1, -0.05) is 18.2 Å². The molecule has 1 atom stereocenters. The minimum atomic E-state index is -0.691. The topological polar surface area (TPSA) is 74.3 Å². The van der Waals surface area contributed by atoms with E-state index in [4.69, 9.17) is 0 Å². The van der Waals surface area contributed by atoms with Crippen molar-refractivity contribution in [3.63, 3.8) is 0 Å². The monoisotopic (exact) mass is 272 g/mol. The molecule has 0 aliphatic heterocycles. The van der Waals surface area contributed by atoms with Crippen LogP contribution in [0.1, 0.15) is 25.6 Å². The molecule has 1 aromatic rings. The van der Waals surface area contributed by atoms with Crippen LogP contribution in [-0.4, -0.2) is 22.8 Å². The van der Waals surface area contributed by atoms with Gasteiger partial charge in [-0.3, -0.25) is 13.9 Å². The summed E-state index contributed by atoms with van der Waals surface area (Å²) in [5, 5.41) is 3.43. The summed E-state index contributed by atoms with van der Waals surface area (Å²) < 4.78 is 23.6. The Hall–Kier alpha value is -1.92. The van der Waals surface area contributed by atoms with E-state index in [-0.39, 0.29) is 18.4 Å². The molecule has 0 fully saturated rings. The number of hydrogen-bond acceptors (Lipinski definition) is 5. The summed E-state index contributed by atoms with van der Waals surface area (Å²) in [5.74, 6) is -1.44. The van der Waals surface area contributed by atoms with E-state index in [1.54, 1.807) is 13.8 Å². The number of allylic oxidation sites excluding steroid dienone is 2. The first kappa shape index (κ1) is 15.1. The number of ether oxygens (including phenoxy) is 1. The van der Waals surface area contributed by atoms with Crippen molar-refractivity contribution in [3.05, 3.63) is 28.3 Å². The zero-order valence-electron chi connectivity index (χ0n) is 11.2. The fourth-order valence-electron chi connectivity index (χ4n) is 1.54. The van der Waals surface area contributed by atoms with E-state index < -0.39 is 11.6 Å². The molecule has 1 heterocycles. The van der Waals surface area contributed by atoms with Gasteiger partial charge in [0, 0.05) is 0 Å². The lowest BCUT2D eigenvalue weighted by atomic mass is 10.1. The molecule has 1 rings (SSSR count). The first-order valence-corrected chi connectivity index (χ1v) is 5.91. The van der Waals surface area contributed by atoms with Gasteiger partial charge in [0.1, 0.15) is 5.83 Å². The number of methoxy groups -OCH3 is 1. The number of hydrogen-bond donors (Lipinski definition) is 0. The third kappa shape index (κ3) is 4.35. The summed E-state index contributed by atoms with van der Waals surface area (Å²) in [6.07, 6.45) is 2.22. The van der Waals surface area contributed by atoms with Crippen LogP contribution < -0.4 is 5.76 Å². The maximum Gasteiger partial charge on any atom is 0.441 e. The van der Waals surface area contributed by atoms with Crippen LogP contribution in [0.25, 0.3) is 0 Å². The molecule has 0 spiro atoms. The SMILES string of the molecule is COC(=O)[C@@H](C)CC/C=C(/F)Cn1c(C)noc1=O. The van der Waals surface area contributed by atoms with E-state index in [1.165, 1.54) is 13.2 Å². The molecule has 0 aliphatic rings. The molecule has 19 heavy (non-hydrogen) atoms. The van der Waals surface area contributed by atoms with Crippen molar-refractivity contribution in [1.29, 1.82) is 0 Å². The maximum absolute atomic E-state index is 13.6. The third-order valence-electron chi connectivity index (χ3n) is 2.75. The Morgan fingerprint density at radius 3 is 2.84 bits per heavy atom. The van der Waals surface area contributed by atoms with Gasteiger partial charge in [0.2, 0.25) is 0 Å². The summed E-state index contributed by atoms with van der Waals surface area (Å²) >= 11 is 0. The lowest BCUT2D eigenvalue weighted by Gasteiger charge is -2.06. The average Bonchev–Trinajstić information content (AvgIpc) is 2.69. The molecule has 1 aromatic heterocycles. The predicted molar refractivity (Wildman–Crippen MR) is 65.1 cm³/mol. The molecule has 0 saturated carbocycles. The summed E-state index contributed by atoms with van der Waals surface area (Å²) in [7, 11) is 1.32. The first-order valence-electron chi connectivity index (χ1n) is 5.91. The van der Waals surface area contributed by atoms with Crippen LogP contribution >= 0.6 is 0 Å². The van der Waals surface area contributed by atoms with Gasteiger partial charge >= 0.3 is 11.7 Å². The van der Waals surface area contributed by atoms with E-state index in [0.29, 0.717) is 18.7 Å². The van der Waals surface area contributed by atoms with Gasteiger partial charge in [0.25, 0.3) is 0 Å². The molecule has 0 N–H and O–H groups in total. The first-order chi connectivity index (χ1) is 8.95. The largest absolute Gasteiger partial charge is 0.469 e. The van der Waals surface area contributed by atoms with Gasteiger partial charge in [-0.05, 0) is 19.8 Å². The summed E-state index contributed by atoms with van der Waals surface area (Å²) in [6, 6.07) is 0. The number of rotatable bonds is 6. The number of halogens is 1. The second kappa shape index (κ2) is 6.86. The molecule has 0 aliphatic carbocycles. The smallest absolute Gasteiger partial charge is 0.441 e. The van der Waals surface area contributed by atoms with Gasteiger partial charge in [-0.25, -0.2) is 9.18 Å². The van der Waals surface area contributed by atoms with Crippen molar-refractivity contribution in [2.24, 2.45) is 5.92 Å². The molecular formula is C12H17FN2O4. The number of esters is 1. The molecule has 0 unspecified atom stereocenters. The quantitative estimate of drug-likeness (QED) is 0.735. The van der Waals surface area contributed by atoms with Gasteiger partial charge in [0.05, 0.1) is 19.6 Å². The molecule has 7 heteroatoms. The fraction of sp³-hybridized carbons (Fsp3) is 0.583. The van der Waals surface area contributed by atoms with E-state index in [1.807, 2.05) is 0 Å². The van der Waals surface area contributed by atoms with Crippen LogP contribution in [0.15, 0.2) is 21.2 Å². The molecule has 106 valence electrons. The van der Waals surface area contributed by atoms with E-state index in [2.05, 4.69) is 14.4 Å². The normalized spacial score (nSPS) is 13.4. The highest BCUT2D eigenvalue weighted by Crippen LogP contribution is 2.11. The van der Waals surface area contributed by atoms with Gasteiger partial charge in [0.15, 0.2) is 5.82 Å². The van der Waals surface area contributed by atoms with Crippen LogP contribution in [0.2, 0.25) is 0 Å². The standard InChI is InChI=1S/C12H17FN2O4/c1-8(11(16)18-3)5-4-6-10(13)7-15-9(2)14-19-12(15)17/h6,8H,4-5,7H2,1-3H3/b10-6+/t8-/m0/s1. The third-order valence-corrected chi connectivity index (χ3v) is 2.75. The number of carbonyl (C=O) groups is 1. The Kier molecular flexibility index (Phi) is 5.47. The highest BCUT2D eigenvalue weighted by Gasteiger charge is 2.12. The Labute approximate surface area is 109 Å². The van der Waals surface area contributed by atoms with E-state index in [9.17, 15) is 14.0 Å². The second-order valence-corrected chi connectivity index (χ2v) is 4.23. The highest BCUT2D eigenvalue weighted by molar-refractivity contribution is 5.71. The fourth-order valence-corrected chi connectivity index (χ4v) is 1.54. The summed E-state index contributed by atoms with van der Waals surface area (Å²) in [5.41, 5.74) is 0. The molecular weight excluding hydrogens is 255 g/mol. The van der Waals surface area contributed by atoms with Crippen LogP contribution in [-0.2, 0) is 16.1 Å². The maximum atomic E-state index is 13.6. The average molecular weight is 272 g/mol. The highest BCUT2D eigenvalue weighted by atomic mass is 19.1. The van der Waals surface area contributed by atoms with E-state index >= 15 is 0 Å². The number of aryl methyl sites for hydroxylation is 1. The van der Waals surface area contributed by atoms with Gasteiger partial charge in [-0.2, -0.15) is 0 Å². The summed E-state index contributed by atoms with van der Waals surface area (Å²) in [4.78, 5) is 22.3. The van der Waals surface area contributed by atoms with Crippen LogP contribution in [0.4, 0.5) is 4.39 Å². The zero-order chi connectivity index (χ0) is 14.4. The van der Waals surface area contributed by atoms with Crippen molar-refractivity contribution in [2.75, 3.05) is 7.11 Å². The lowest BCUT2D eigenvalue weighted by Crippen LogP contribution is -2.16. The minimum absolute atomic E-state index is 0.208. The molecule has 0 saturated heterocycles. The van der Waals surface area contributed by atoms with Crippen molar-refractivity contribution >= 4 is 5.97 Å². The molecule has 0 amide bonds. The Balaban J connectivity index is 2.50. The van der Waals surface area contributed by atoms with Gasteiger partial charge in [-0.15, -0.1) is 0 Å². The molecule has 0 bridgehead atoms. The van der Waals surface area contributed by atoms with Crippen molar-refractivity contribution in [1.82, 2.24) is 9.72 Å². The number of nitrogens with zero attached hydrogens (tertiary/aromatic N) is 2. The van der Waals surface area contributed by atoms with Gasteiger partial charge < -0.3 is 4.74 Å². The Morgan fingerprint density at radius 1 is 1.63 bits per heavy atom. The summed E-state index contributed by atoms with van der Waals surface area (Å²) in [6.45, 7) is 3.06. The van der Waals surface area contributed by atoms with Crippen molar-refractivity contribution < 1.29 is 18.4 Å². The molecule has 6 nitrogen and oxygen atoms in total.